The Morgan fingerprint density at radius 1 is 1.23 bits per heavy atom. The fourth-order valence-electron chi connectivity index (χ4n) is 2.05. The first-order valence-corrected chi connectivity index (χ1v) is 7.75. The van der Waals surface area contributed by atoms with Gasteiger partial charge in [-0.05, 0) is 30.7 Å². The minimum atomic E-state index is -0.584. The van der Waals surface area contributed by atoms with Crippen LogP contribution in [-0.4, -0.2) is 30.5 Å². The van der Waals surface area contributed by atoms with Crippen LogP contribution < -0.4 is 10.1 Å². The van der Waals surface area contributed by atoms with E-state index in [-0.39, 0.29) is 23.1 Å². The SMILES string of the molecule is COC(=O)c1ccc(C)c(NC(=O)COc2ccc([N+](=O)[O-])cc2Cl)c1. The number of aryl methyl sites for hydroxylation is 1. The molecule has 136 valence electrons. The van der Waals surface area contributed by atoms with E-state index in [1.807, 2.05) is 0 Å². The number of esters is 1. The van der Waals surface area contributed by atoms with Gasteiger partial charge in [-0.2, -0.15) is 0 Å². The Kier molecular flexibility index (Phi) is 6.13. The van der Waals surface area contributed by atoms with E-state index in [0.717, 1.165) is 11.6 Å². The van der Waals surface area contributed by atoms with Gasteiger partial charge in [0, 0.05) is 17.8 Å². The highest BCUT2D eigenvalue weighted by Gasteiger charge is 2.13. The summed E-state index contributed by atoms with van der Waals surface area (Å²) in [7, 11) is 1.27. The van der Waals surface area contributed by atoms with Crippen LogP contribution in [0.4, 0.5) is 11.4 Å². The number of halogens is 1. The summed E-state index contributed by atoms with van der Waals surface area (Å²) in [5, 5.41) is 13.3. The average molecular weight is 379 g/mol. The van der Waals surface area contributed by atoms with Crippen LogP contribution in [0.1, 0.15) is 15.9 Å². The van der Waals surface area contributed by atoms with Crippen LogP contribution in [0.2, 0.25) is 5.02 Å². The van der Waals surface area contributed by atoms with Gasteiger partial charge in [0.25, 0.3) is 11.6 Å². The summed E-state index contributed by atoms with van der Waals surface area (Å²) in [6.45, 7) is 1.41. The number of anilines is 1. The van der Waals surface area contributed by atoms with E-state index < -0.39 is 16.8 Å². The fourth-order valence-corrected chi connectivity index (χ4v) is 2.28. The summed E-state index contributed by atoms with van der Waals surface area (Å²) in [6, 6.07) is 8.44. The molecule has 1 N–H and O–H groups in total. The molecule has 8 nitrogen and oxygen atoms in total. The fraction of sp³-hybridized carbons (Fsp3) is 0.176. The van der Waals surface area contributed by atoms with Gasteiger partial charge >= 0.3 is 5.97 Å². The molecule has 0 atom stereocenters. The number of ether oxygens (including phenoxy) is 2. The third kappa shape index (κ3) is 4.70. The Labute approximate surface area is 153 Å². The maximum Gasteiger partial charge on any atom is 0.337 e. The molecule has 2 aromatic carbocycles. The minimum absolute atomic E-state index is 0.0240. The maximum atomic E-state index is 12.1. The number of nitrogens with zero attached hydrogens (tertiary/aromatic N) is 1. The number of methoxy groups -OCH3 is 1. The number of nitro benzene ring substituents is 1. The molecule has 2 rings (SSSR count). The van der Waals surface area contributed by atoms with Gasteiger partial charge in [0.1, 0.15) is 5.75 Å². The molecule has 0 bridgehead atoms. The van der Waals surface area contributed by atoms with Crippen LogP contribution in [0.3, 0.4) is 0 Å². The second-order valence-electron chi connectivity index (χ2n) is 5.23. The zero-order valence-electron chi connectivity index (χ0n) is 13.9. The highest BCUT2D eigenvalue weighted by atomic mass is 35.5. The first kappa shape index (κ1) is 19.2. The van der Waals surface area contributed by atoms with E-state index in [1.54, 1.807) is 19.1 Å². The van der Waals surface area contributed by atoms with Crippen LogP contribution >= 0.6 is 11.6 Å². The summed E-state index contributed by atoms with van der Waals surface area (Å²) in [6.07, 6.45) is 0. The lowest BCUT2D eigenvalue weighted by Gasteiger charge is -2.11. The van der Waals surface area contributed by atoms with E-state index >= 15 is 0 Å². The number of nitrogens with one attached hydrogen (secondary N) is 1. The summed E-state index contributed by atoms with van der Waals surface area (Å²) in [5.74, 6) is -0.855. The first-order valence-electron chi connectivity index (χ1n) is 7.37. The van der Waals surface area contributed by atoms with Gasteiger partial charge in [0.05, 0.1) is 22.6 Å². The van der Waals surface area contributed by atoms with Gasteiger partial charge in [-0.1, -0.05) is 17.7 Å². The topological polar surface area (TPSA) is 108 Å². The quantitative estimate of drug-likeness (QED) is 0.469. The number of amides is 1. The molecule has 0 saturated carbocycles. The second kappa shape index (κ2) is 8.30. The van der Waals surface area contributed by atoms with Gasteiger partial charge in [0.2, 0.25) is 0 Å². The molecule has 0 spiro atoms. The molecule has 2 aromatic rings. The van der Waals surface area contributed by atoms with Crippen molar-refractivity contribution < 1.29 is 24.0 Å². The molecular formula is C17H15ClN2O6. The predicted octanol–water partition coefficient (Wildman–Crippen LogP) is 3.36. The molecule has 0 saturated heterocycles. The van der Waals surface area contributed by atoms with E-state index in [9.17, 15) is 19.7 Å². The maximum absolute atomic E-state index is 12.1. The van der Waals surface area contributed by atoms with Crippen molar-refractivity contribution in [3.63, 3.8) is 0 Å². The largest absolute Gasteiger partial charge is 0.482 e. The lowest BCUT2D eigenvalue weighted by atomic mass is 10.1. The highest BCUT2D eigenvalue weighted by molar-refractivity contribution is 6.32. The lowest BCUT2D eigenvalue weighted by Crippen LogP contribution is -2.21. The average Bonchev–Trinajstić information content (AvgIpc) is 2.61. The van der Waals surface area contributed by atoms with E-state index in [2.05, 4.69) is 10.1 Å². The highest BCUT2D eigenvalue weighted by Crippen LogP contribution is 2.28. The Balaban J connectivity index is 2.03. The molecule has 0 aliphatic carbocycles. The van der Waals surface area contributed by atoms with Crippen LogP contribution in [0.25, 0.3) is 0 Å². The third-order valence-corrected chi connectivity index (χ3v) is 3.71. The third-order valence-electron chi connectivity index (χ3n) is 3.42. The number of hydrogen-bond donors (Lipinski definition) is 1. The van der Waals surface area contributed by atoms with Gasteiger partial charge in [-0.3, -0.25) is 14.9 Å². The van der Waals surface area contributed by atoms with Gasteiger partial charge < -0.3 is 14.8 Å². The van der Waals surface area contributed by atoms with Crippen LogP contribution in [0.15, 0.2) is 36.4 Å². The number of hydrogen-bond acceptors (Lipinski definition) is 6. The normalized spacial score (nSPS) is 10.1. The number of carbonyl (C=O) groups excluding carboxylic acids is 2. The van der Waals surface area contributed by atoms with E-state index in [1.165, 1.54) is 25.3 Å². The molecule has 0 fully saturated rings. The van der Waals surface area contributed by atoms with Crippen LogP contribution in [0, 0.1) is 17.0 Å². The monoisotopic (exact) mass is 378 g/mol. The van der Waals surface area contributed by atoms with Crippen molar-refractivity contribution >= 4 is 34.9 Å². The molecule has 0 heterocycles. The van der Waals surface area contributed by atoms with Crippen LogP contribution in [0.5, 0.6) is 5.75 Å². The van der Waals surface area contributed by atoms with Gasteiger partial charge in [0.15, 0.2) is 6.61 Å². The lowest BCUT2D eigenvalue weighted by molar-refractivity contribution is -0.384. The summed E-state index contributed by atoms with van der Waals surface area (Å²) in [4.78, 5) is 33.7. The first-order chi connectivity index (χ1) is 12.3. The molecule has 0 aliphatic rings. The Bertz CT molecular complexity index is 868. The molecule has 1 amide bonds. The molecule has 0 aliphatic heterocycles. The smallest absolute Gasteiger partial charge is 0.337 e. The van der Waals surface area contributed by atoms with Crippen molar-refractivity contribution in [1.82, 2.24) is 0 Å². The van der Waals surface area contributed by atoms with Crippen molar-refractivity contribution in [3.8, 4) is 5.75 Å². The Morgan fingerprint density at radius 3 is 2.58 bits per heavy atom. The van der Waals surface area contributed by atoms with E-state index in [0.29, 0.717) is 11.3 Å². The standard InChI is InChI=1S/C17H15ClN2O6/c1-10-3-4-11(17(22)25-2)7-14(10)19-16(21)9-26-15-6-5-12(20(23)24)8-13(15)18/h3-8H,9H2,1-2H3,(H,19,21). The molecule has 0 radical (unpaired) electrons. The van der Waals surface area contributed by atoms with Crippen molar-refractivity contribution in [2.75, 3.05) is 19.0 Å². The van der Waals surface area contributed by atoms with Crippen molar-refractivity contribution in [1.29, 1.82) is 0 Å². The second-order valence-corrected chi connectivity index (χ2v) is 5.64. The number of non-ortho nitro benzene ring substituents is 1. The molecular weight excluding hydrogens is 364 g/mol. The van der Waals surface area contributed by atoms with Gasteiger partial charge in [-0.15, -0.1) is 0 Å². The number of benzene rings is 2. The Hall–Kier alpha value is -3.13. The van der Waals surface area contributed by atoms with Gasteiger partial charge in [-0.25, -0.2) is 4.79 Å². The van der Waals surface area contributed by atoms with Crippen molar-refractivity contribution in [2.45, 2.75) is 6.92 Å². The molecule has 0 unspecified atom stereocenters. The zero-order chi connectivity index (χ0) is 19.3. The predicted molar refractivity (Wildman–Crippen MR) is 94.7 cm³/mol. The number of carbonyl (C=O) groups is 2. The molecule has 0 aromatic heterocycles. The van der Waals surface area contributed by atoms with E-state index in [4.69, 9.17) is 16.3 Å². The summed E-state index contributed by atoms with van der Waals surface area (Å²) in [5.41, 5.74) is 1.31. The summed E-state index contributed by atoms with van der Waals surface area (Å²) >= 11 is 5.90. The minimum Gasteiger partial charge on any atom is -0.482 e. The molecule has 9 heteroatoms. The summed E-state index contributed by atoms with van der Waals surface area (Å²) < 4.78 is 9.93. The Morgan fingerprint density at radius 2 is 1.96 bits per heavy atom. The van der Waals surface area contributed by atoms with Crippen LogP contribution in [-0.2, 0) is 9.53 Å². The van der Waals surface area contributed by atoms with Crippen molar-refractivity contribution in [2.24, 2.45) is 0 Å². The van der Waals surface area contributed by atoms with Crippen molar-refractivity contribution in [3.05, 3.63) is 62.7 Å². The zero-order valence-corrected chi connectivity index (χ0v) is 14.7. The number of rotatable bonds is 6. The number of nitro groups is 1. The molecule has 26 heavy (non-hydrogen) atoms.